The van der Waals surface area contributed by atoms with Gasteiger partial charge in [-0.25, -0.2) is 4.79 Å². The molecule has 3 aromatic rings. The van der Waals surface area contributed by atoms with Crippen LogP contribution >= 0.6 is 23.2 Å². The lowest BCUT2D eigenvalue weighted by molar-refractivity contribution is -0.130. The molecule has 1 saturated heterocycles. The van der Waals surface area contributed by atoms with Crippen molar-refractivity contribution in [2.24, 2.45) is 0 Å². The van der Waals surface area contributed by atoms with Gasteiger partial charge in [-0.2, -0.15) is 0 Å². The highest BCUT2D eigenvalue weighted by Crippen LogP contribution is 2.35. The van der Waals surface area contributed by atoms with E-state index < -0.39 is 5.60 Å². The van der Waals surface area contributed by atoms with Crippen molar-refractivity contribution in [2.45, 2.75) is 64.1 Å². The molecule has 0 unspecified atom stereocenters. The van der Waals surface area contributed by atoms with Crippen molar-refractivity contribution >= 4 is 46.8 Å². The molecule has 1 aliphatic heterocycles. The van der Waals surface area contributed by atoms with E-state index in [2.05, 4.69) is 17.4 Å². The SMILES string of the molecule is CN(C(=O)CN(CC(=O)NC[C@H]1CCCN1C(=O)OC(C)(C)C)c1cc(Cl)ccc1Oc1ccc(Cl)cc1)C1Cc2ccccc2C1. The van der Waals surface area contributed by atoms with Crippen molar-refractivity contribution in [2.75, 3.05) is 38.1 Å². The highest BCUT2D eigenvalue weighted by atomic mass is 35.5. The van der Waals surface area contributed by atoms with Gasteiger partial charge in [0.05, 0.1) is 24.8 Å². The number of nitrogens with one attached hydrogen (secondary N) is 1. The Kier molecular flexibility index (Phi) is 10.9. The number of amides is 3. The summed E-state index contributed by atoms with van der Waals surface area (Å²) in [6.45, 7) is 6.11. The maximum absolute atomic E-state index is 13.8. The van der Waals surface area contributed by atoms with E-state index in [1.165, 1.54) is 11.1 Å². The standard InChI is InChI=1S/C36H42Cl2N4O5/c1-36(2,3)47-35(45)42-17-7-10-28(42)21-39-33(43)22-41(23-34(44)40(4)29-18-24-8-5-6-9-25(24)19-29)31-20-27(38)13-16-32(31)46-30-14-11-26(37)12-15-30/h5-6,8-9,11-16,20,28-29H,7,10,17-19,21-23H2,1-4H3,(H,39,43)/t28-/m1/s1. The van der Waals surface area contributed by atoms with Gasteiger partial charge >= 0.3 is 6.09 Å². The summed E-state index contributed by atoms with van der Waals surface area (Å²) in [5.41, 5.74) is 2.37. The molecule has 1 fully saturated rings. The summed E-state index contributed by atoms with van der Waals surface area (Å²) in [5, 5.41) is 3.99. The Labute approximate surface area is 286 Å². The second-order valence-corrected chi connectivity index (χ2v) is 14.0. The summed E-state index contributed by atoms with van der Waals surface area (Å²) in [6.07, 6.45) is 2.74. The Hall–Kier alpha value is -3.95. The molecule has 5 rings (SSSR count). The van der Waals surface area contributed by atoms with Gasteiger partial charge in [0, 0.05) is 36.2 Å². The van der Waals surface area contributed by atoms with Gasteiger partial charge in [-0.05, 0) is 100 Å². The number of likely N-dealkylation sites (tertiary alicyclic amines) is 1. The molecule has 3 aromatic carbocycles. The maximum atomic E-state index is 13.8. The fourth-order valence-electron chi connectivity index (χ4n) is 6.04. The number of hydrogen-bond donors (Lipinski definition) is 1. The zero-order valence-corrected chi connectivity index (χ0v) is 28.8. The lowest BCUT2D eigenvalue weighted by atomic mass is 10.1. The number of benzene rings is 3. The van der Waals surface area contributed by atoms with Crippen LogP contribution in [0.25, 0.3) is 0 Å². The number of anilines is 1. The summed E-state index contributed by atoms with van der Waals surface area (Å²) in [7, 11) is 1.81. The predicted molar refractivity (Wildman–Crippen MR) is 185 cm³/mol. The fraction of sp³-hybridized carbons (Fsp3) is 0.417. The Balaban J connectivity index is 1.33. The molecule has 47 heavy (non-hydrogen) atoms. The van der Waals surface area contributed by atoms with Crippen LogP contribution in [0, 0.1) is 0 Å². The molecule has 0 aromatic heterocycles. The normalized spacial score (nSPS) is 16.0. The van der Waals surface area contributed by atoms with E-state index in [0.717, 1.165) is 25.7 Å². The van der Waals surface area contributed by atoms with E-state index in [4.69, 9.17) is 32.7 Å². The van der Waals surface area contributed by atoms with E-state index in [1.807, 2.05) is 40.0 Å². The van der Waals surface area contributed by atoms with Crippen LogP contribution in [-0.2, 0) is 27.2 Å². The van der Waals surface area contributed by atoms with Crippen molar-refractivity contribution < 1.29 is 23.9 Å². The number of nitrogens with zero attached hydrogens (tertiary/aromatic N) is 3. The van der Waals surface area contributed by atoms with Crippen molar-refractivity contribution in [3.05, 3.63) is 87.9 Å². The molecule has 0 radical (unpaired) electrons. The van der Waals surface area contributed by atoms with Crippen molar-refractivity contribution in [3.8, 4) is 11.5 Å². The number of carbonyl (C=O) groups is 3. The lowest BCUT2D eigenvalue weighted by Gasteiger charge is -2.31. The van der Waals surface area contributed by atoms with Gasteiger partial charge in [0.25, 0.3) is 0 Å². The predicted octanol–water partition coefficient (Wildman–Crippen LogP) is 6.73. The van der Waals surface area contributed by atoms with E-state index in [0.29, 0.717) is 33.8 Å². The van der Waals surface area contributed by atoms with Crippen LogP contribution in [-0.4, -0.2) is 78.6 Å². The minimum atomic E-state index is -0.613. The molecule has 0 saturated carbocycles. The second-order valence-electron chi connectivity index (χ2n) is 13.1. The largest absolute Gasteiger partial charge is 0.455 e. The monoisotopic (exact) mass is 680 g/mol. The average Bonchev–Trinajstić information content (AvgIpc) is 3.68. The molecule has 0 bridgehead atoms. The molecule has 1 heterocycles. The van der Waals surface area contributed by atoms with Crippen molar-refractivity contribution in [3.63, 3.8) is 0 Å². The first-order valence-corrected chi connectivity index (χ1v) is 16.7. The van der Waals surface area contributed by atoms with Crippen LogP contribution in [0.1, 0.15) is 44.7 Å². The molecule has 1 N–H and O–H groups in total. The van der Waals surface area contributed by atoms with Gasteiger partial charge in [0.15, 0.2) is 5.75 Å². The van der Waals surface area contributed by atoms with Crippen LogP contribution in [0.3, 0.4) is 0 Å². The van der Waals surface area contributed by atoms with Gasteiger partial charge in [0.1, 0.15) is 11.4 Å². The van der Waals surface area contributed by atoms with Crippen LogP contribution in [0.5, 0.6) is 11.5 Å². The molecule has 9 nitrogen and oxygen atoms in total. The van der Waals surface area contributed by atoms with Crippen LogP contribution in [0.2, 0.25) is 10.0 Å². The molecule has 11 heteroatoms. The highest BCUT2D eigenvalue weighted by Gasteiger charge is 2.33. The van der Waals surface area contributed by atoms with Crippen LogP contribution in [0.4, 0.5) is 10.5 Å². The first kappa shape index (κ1) is 34.4. The van der Waals surface area contributed by atoms with Gasteiger partial charge in [0.2, 0.25) is 11.8 Å². The zero-order chi connectivity index (χ0) is 33.7. The average molecular weight is 682 g/mol. The van der Waals surface area contributed by atoms with E-state index in [9.17, 15) is 14.4 Å². The highest BCUT2D eigenvalue weighted by molar-refractivity contribution is 6.31. The quantitative estimate of drug-likeness (QED) is 0.255. The Morgan fingerprint density at radius 2 is 1.60 bits per heavy atom. The van der Waals surface area contributed by atoms with Gasteiger partial charge < -0.3 is 29.5 Å². The summed E-state index contributed by atoms with van der Waals surface area (Å²) >= 11 is 12.5. The number of rotatable bonds is 10. The van der Waals surface area contributed by atoms with E-state index in [1.54, 1.807) is 57.2 Å². The summed E-state index contributed by atoms with van der Waals surface area (Å²) < 4.78 is 11.8. The molecule has 1 atom stereocenters. The summed E-state index contributed by atoms with van der Waals surface area (Å²) in [4.78, 5) is 45.3. The molecule has 3 amide bonds. The Bertz CT molecular complexity index is 1570. The summed E-state index contributed by atoms with van der Waals surface area (Å²) in [6, 6.07) is 20.1. The Morgan fingerprint density at radius 3 is 2.26 bits per heavy atom. The van der Waals surface area contributed by atoms with Crippen molar-refractivity contribution in [1.29, 1.82) is 0 Å². The van der Waals surface area contributed by atoms with E-state index in [-0.39, 0.29) is 49.6 Å². The third kappa shape index (κ3) is 9.11. The third-order valence-electron chi connectivity index (χ3n) is 8.47. The van der Waals surface area contributed by atoms with Gasteiger partial charge in [-0.3, -0.25) is 9.59 Å². The first-order chi connectivity index (χ1) is 22.4. The second kappa shape index (κ2) is 14.9. The molecule has 2 aliphatic rings. The fourth-order valence-corrected chi connectivity index (χ4v) is 6.33. The number of ether oxygens (including phenoxy) is 2. The third-order valence-corrected chi connectivity index (χ3v) is 8.96. The molecular weight excluding hydrogens is 639 g/mol. The number of fused-ring (bicyclic) bond motifs is 1. The lowest BCUT2D eigenvalue weighted by Crippen LogP contribution is -2.49. The number of halogens is 2. The maximum Gasteiger partial charge on any atom is 0.410 e. The van der Waals surface area contributed by atoms with Crippen LogP contribution in [0.15, 0.2) is 66.7 Å². The van der Waals surface area contributed by atoms with Gasteiger partial charge in [-0.15, -0.1) is 0 Å². The summed E-state index contributed by atoms with van der Waals surface area (Å²) in [5.74, 6) is 0.528. The molecule has 250 valence electrons. The number of likely N-dealkylation sites (N-methyl/N-ethyl adjacent to an activating group) is 1. The number of hydrogen-bond acceptors (Lipinski definition) is 6. The van der Waals surface area contributed by atoms with Crippen molar-refractivity contribution in [1.82, 2.24) is 15.1 Å². The number of carbonyl (C=O) groups excluding carboxylic acids is 3. The van der Waals surface area contributed by atoms with Crippen LogP contribution < -0.4 is 15.0 Å². The van der Waals surface area contributed by atoms with E-state index >= 15 is 0 Å². The minimum absolute atomic E-state index is 0.0147. The smallest absolute Gasteiger partial charge is 0.410 e. The first-order valence-electron chi connectivity index (χ1n) is 15.9. The topological polar surface area (TPSA) is 91.4 Å². The van der Waals surface area contributed by atoms with Gasteiger partial charge in [-0.1, -0.05) is 47.5 Å². The molecule has 0 spiro atoms. The molecular formula is C36H42Cl2N4O5. The zero-order valence-electron chi connectivity index (χ0n) is 27.3. The molecule has 1 aliphatic carbocycles. The minimum Gasteiger partial charge on any atom is -0.455 e. The Morgan fingerprint density at radius 1 is 0.936 bits per heavy atom.